The van der Waals surface area contributed by atoms with Crippen molar-refractivity contribution in [3.8, 4) is 0 Å². The third-order valence-electron chi connectivity index (χ3n) is 3.23. The highest BCUT2D eigenvalue weighted by Gasteiger charge is 2.34. The number of ketones is 1. The fraction of sp³-hybridized carbons (Fsp3) is 0.667. The maximum atomic E-state index is 12.5. The predicted molar refractivity (Wildman–Crippen MR) is 70.9 cm³/mol. The highest BCUT2D eigenvalue weighted by atomic mass is 35.5. The molecule has 0 saturated heterocycles. The zero-order valence-electron chi connectivity index (χ0n) is 11.1. The average molecular weight is 274 g/mol. The number of methoxy groups -OCH3 is 1. The normalized spacial score (nSPS) is 11.8. The predicted octanol–water partition coefficient (Wildman–Crippen LogP) is 1.88. The van der Waals surface area contributed by atoms with E-state index in [1.807, 2.05) is 13.8 Å². The Kier molecular flexibility index (Phi) is 5.31. The van der Waals surface area contributed by atoms with Crippen LogP contribution in [0, 0.1) is 0 Å². The number of Topliss-reactive ketones (excluding diaryl/α,β-unsaturated/α-hetero) is 1. The van der Waals surface area contributed by atoms with Crippen molar-refractivity contribution in [2.75, 3.05) is 13.7 Å². The van der Waals surface area contributed by atoms with E-state index in [1.54, 1.807) is 11.8 Å². The minimum absolute atomic E-state index is 0.161. The first-order chi connectivity index (χ1) is 8.50. The summed E-state index contributed by atoms with van der Waals surface area (Å²) in [4.78, 5) is 12.5. The molecule has 102 valence electrons. The van der Waals surface area contributed by atoms with Crippen molar-refractivity contribution in [1.82, 2.24) is 9.78 Å². The minimum atomic E-state index is -0.880. The quantitative estimate of drug-likeness (QED) is 0.770. The summed E-state index contributed by atoms with van der Waals surface area (Å²) >= 11 is 6.04. The molecular formula is C12H20ClN3O2. The first-order valence-corrected chi connectivity index (χ1v) is 6.41. The lowest BCUT2D eigenvalue weighted by Gasteiger charge is -2.25. The molecule has 0 aliphatic carbocycles. The van der Waals surface area contributed by atoms with Crippen molar-refractivity contribution in [3.05, 3.63) is 16.9 Å². The molecule has 0 aliphatic heterocycles. The van der Waals surface area contributed by atoms with E-state index < -0.39 is 5.54 Å². The Morgan fingerprint density at radius 1 is 1.56 bits per heavy atom. The first-order valence-electron chi connectivity index (χ1n) is 6.04. The fourth-order valence-corrected chi connectivity index (χ4v) is 1.97. The number of nitrogens with two attached hydrogens (primary N) is 1. The molecule has 0 radical (unpaired) electrons. The third kappa shape index (κ3) is 2.91. The molecule has 0 aromatic carbocycles. The van der Waals surface area contributed by atoms with Crippen LogP contribution in [0.1, 0.15) is 37.2 Å². The van der Waals surface area contributed by atoms with Gasteiger partial charge in [-0.2, -0.15) is 5.10 Å². The molecular weight excluding hydrogens is 254 g/mol. The summed E-state index contributed by atoms with van der Waals surface area (Å²) in [7, 11) is 1.60. The summed E-state index contributed by atoms with van der Waals surface area (Å²) in [5, 5.41) is 4.43. The second-order valence-electron chi connectivity index (χ2n) is 4.25. The molecule has 0 unspecified atom stereocenters. The van der Waals surface area contributed by atoms with Gasteiger partial charge in [-0.25, -0.2) is 0 Å². The van der Waals surface area contributed by atoms with E-state index in [0.29, 0.717) is 36.7 Å². The number of hydrogen-bond acceptors (Lipinski definition) is 4. The highest BCUT2D eigenvalue weighted by Crippen LogP contribution is 2.24. The van der Waals surface area contributed by atoms with Crippen molar-refractivity contribution in [2.45, 2.75) is 38.8 Å². The van der Waals surface area contributed by atoms with Gasteiger partial charge in [-0.05, 0) is 12.8 Å². The molecule has 0 amide bonds. The van der Waals surface area contributed by atoms with Crippen LogP contribution >= 0.6 is 11.6 Å². The van der Waals surface area contributed by atoms with Crippen molar-refractivity contribution < 1.29 is 9.53 Å². The fourth-order valence-electron chi connectivity index (χ4n) is 1.74. The number of halogens is 1. The van der Waals surface area contributed by atoms with Gasteiger partial charge in [0, 0.05) is 7.11 Å². The Labute approximate surface area is 112 Å². The van der Waals surface area contributed by atoms with E-state index in [1.165, 1.54) is 6.20 Å². The Bertz CT molecular complexity index is 413. The van der Waals surface area contributed by atoms with Crippen LogP contribution in [0.2, 0.25) is 5.02 Å². The van der Waals surface area contributed by atoms with E-state index in [-0.39, 0.29) is 5.78 Å². The van der Waals surface area contributed by atoms with Gasteiger partial charge in [0.2, 0.25) is 5.78 Å². The SMILES string of the molecule is CCC(N)(CC)C(=O)c1c(Cl)cnn1CCOC. The van der Waals surface area contributed by atoms with Crippen LogP contribution in [0.4, 0.5) is 0 Å². The van der Waals surface area contributed by atoms with Crippen LogP contribution < -0.4 is 5.73 Å². The monoisotopic (exact) mass is 273 g/mol. The lowest BCUT2D eigenvalue weighted by molar-refractivity contribution is 0.0865. The average Bonchev–Trinajstić information content (AvgIpc) is 2.75. The lowest BCUT2D eigenvalue weighted by atomic mass is 9.87. The van der Waals surface area contributed by atoms with Crippen LogP contribution in [-0.4, -0.2) is 34.8 Å². The Balaban J connectivity index is 3.08. The summed E-state index contributed by atoms with van der Waals surface area (Å²) in [5.74, 6) is -0.161. The van der Waals surface area contributed by atoms with Crippen molar-refractivity contribution in [2.24, 2.45) is 5.73 Å². The molecule has 0 atom stereocenters. The van der Waals surface area contributed by atoms with Gasteiger partial charge in [-0.1, -0.05) is 25.4 Å². The van der Waals surface area contributed by atoms with E-state index in [0.717, 1.165) is 0 Å². The molecule has 2 N–H and O–H groups in total. The van der Waals surface area contributed by atoms with Gasteiger partial charge in [0.05, 0.1) is 29.9 Å². The van der Waals surface area contributed by atoms with Gasteiger partial charge >= 0.3 is 0 Å². The number of rotatable bonds is 7. The standard InChI is InChI=1S/C12H20ClN3O2/c1-4-12(14,5-2)11(17)10-9(13)8-15-16(10)6-7-18-3/h8H,4-7,14H2,1-3H3. The van der Waals surface area contributed by atoms with Crippen molar-refractivity contribution >= 4 is 17.4 Å². The molecule has 1 aromatic rings. The second-order valence-corrected chi connectivity index (χ2v) is 4.66. The van der Waals surface area contributed by atoms with Crippen LogP contribution in [-0.2, 0) is 11.3 Å². The molecule has 1 rings (SSSR count). The number of aromatic nitrogens is 2. The van der Waals surface area contributed by atoms with Crippen LogP contribution in [0.3, 0.4) is 0 Å². The largest absolute Gasteiger partial charge is 0.383 e. The molecule has 1 aromatic heterocycles. The summed E-state index contributed by atoms with van der Waals surface area (Å²) in [5.41, 5.74) is 5.61. The minimum Gasteiger partial charge on any atom is -0.383 e. The number of carbonyl (C=O) groups is 1. The number of ether oxygens (including phenoxy) is 1. The molecule has 0 bridgehead atoms. The zero-order chi connectivity index (χ0) is 13.8. The van der Waals surface area contributed by atoms with Gasteiger partial charge in [0.25, 0.3) is 0 Å². The van der Waals surface area contributed by atoms with Gasteiger partial charge < -0.3 is 10.5 Å². The molecule has 5 nitrogen and oxygen atoms in total. The van der Waals surface area contributed by atoms with Gasteiger partial charge in [0.1, 0.15) is 5.69 Å². The molecule has 0 spiro atoms. The van der Waals surface area contributed by atoms with Crippen LogP contribution in [0.5, 0.6) is 0 Å². The highest BCUT2D eigenvalue weighted by molar-refractivity contribution is 6.34. The maximum Gasteiger partial charge on any atom is 0.202 e. The van der Waals surface area contributed by atoms with E-state index in [2.05, 4.69) is 5.10 Å². The smallest absolute Gasteiger partial charge is 0.202 e. The maximum absolute atomic E-state index is 12.5. The van der Waals surface area contributed by atoms with Crippen molar-refractivity contribution in [1.29, 1.82) is 0 Å². The summed E-state index contributed by atoms with van der Waals surface area (Å²) < 4.78 is 6.54. The summed E-state index contributed by atoms with van der Waals surface area (Å²) in [6.45, 7) is 4.73. The van der Waals surface area contributed by atoms with E-state index in [9.17, 15) is 4.79 Å². The lowest BCUT2D eigenvalue weighted by Crippen LogP contribution is -2.47. The van der Waals surface area contributed by atoms with Gasteiger partial charge in [-0.3, -0.25) is 9.48 Å². The molecule has 18 heavy (non-hydrogen) atoms. The Morgan fingerprint density at radius 2 is 2.17 bits per heavy atom. The van der Waals surface area contributed by atoms with Crippen LogP contribution in [0.15, 0.2) is 6.20 Å². The van der Waals surface area contributed by atoms with Crippen molar-refractivity contribution in [3.63, 3.8) is 0 Å². The second kappa shape index (κ2) is 6.31. The first kappa shape index (κ1) is 15.1. The van der Waals surface area contributed by atoms with E-state index in [4.69, 9.17) is 22.1 Å². The van der Waals surface area contributed by atoms with Gasteiger partial charge in [-0.15, -0.1) is 0 Å². The molecule has 1 heterocycles. The van der Waals surface area contributed by atoms with E-state index >= 15 is 0 Å². The summed E-state index contributed by atoms with van der Waals surface area (Å²) in [6, 6.07) is 0. The van der Waals surface area contributed by atoms with Gasteiger partial charge in [0.15, 0.2) is 0 Å². The topological polar surface area (TPSA) is 70.1 Å². The van der Waals surface area contributed by atoms with Crippen LogP contribution in [0.25, 0.3) is 0 Å². The zero-order valence-corrected chi connectivity index (χ0v) is 11.8. The number of hydrogen-bond donors (Lipinski definition) is 1. The molecule has 0 aliphatic rings. The molecule has 0 saturated carbocycles. The third-order valence-corrected chi connectivity index (χ3v) is 3.51. The molecule has 6 heteroatoms. The summed E-state index contributed by atoms with van der Waals surface area (Å²) in [6.07, 6.45) is 2.60. The number of carbonyl (C=O) groups excluding carboxylic acids is 1. The Hall–Kier alpha value is -0.910. The Morgan fingerprint density at radius 3 is 2.67 bits per heavy atom. The molecule has 0 fully saturated rings. The number of nitrogens with zero attached hydrogens (tertiary/aromatic N) is 2.